The van der Waals surface area contributed by atoms with Crippen LogP contribution in [0.3, 0.4) is 0 Å². The molecule has 0 aromatic carbocycles. The van der Waals surface area contributed by atoms with Crippen molar-refractivity contribution in [1.82, 2.24) is 15.1 Å². The molecule has 0 aliphatic carbocycles. The van der Waals surface area contributed by atoms with Crippen LogP contribution in [0.2, 0.25) is 0 Å². The van der Waals surface area contributed by atoms with Crippen molar-refractivity contribution in [2.75, 3.05) is 6.54 Å². The van der Waals surface area contributed by atoms with Gasteiger partial charge in [-0.05, 0) is 32.0 Å². The first-order valence-corrected chi connectivity index (χ1v) is 6.90. The van der Waals surface area contributed by atoms with Gasteiger partial charge in [0.2, 0.25) is 0 Å². The Kier molecular flexibility index (Phi) is 4.65. The Bertz CT molecular complexity index is 583. The Morgan fingerprint density at radius 2 is 2.23 bits per heavy atom. The largest absolute Gasteiger partial charge is 0.467 e. The molecule has 2 aromatic heterocycles. The van der Waals surface area contributed by atoms with Crippen LogP contribution in [0.5, 0.6) is 0 Å². The highest BCUT2D eigenvalue weighted by atomic mass is 16.6. The lowest BCUT2D eigenvalue weighted by Gasteiger charge is -2.24. The predicted molar refractivity (Wildman–Crippen MR) is 77.9 cm³/mol. The van der Waals surface area contributed by atoms with Crippen molar-refractivity contribution in [2.24, 2.45) is 0 Å². The second kappa shape index (κ2) is 6.46. The van der Waals surface area contributed by atoms with Crippen LogP contribution in [-0.4, -0.2) is 33.8 Å². The summed E-state index contributed by atoms with van der Waals surface area (Å²) < 4.78 is 12.1. The number of ether oxygens (including phenoxy) is 1. The van der Waals surface area contributed by atoms with E-state index in [1.54, 1.807) is 49.3 Å². The lowest BCUT2D eigenvalue weighted by molar-refractivity contribution is -0.162. The highest BCUT2D eigenvalue weighted by Crippen LogP contribution is 2.18. The number of carbonyl (C=O) groups excluding carboxylic acids is 2. The SMILES string of the molecule is CC(=O)OC(C)(C)C(=O)NCC(c1ccco1)n1cccn1. The summed E-state index contributed by atoms with van der Waals surface area (Å²) in [6.07, 6.45) is 5.01. The first kappa shape index (κ1) is 15.8. The number of furan rings is 1. The van der Waals surface area contributed by atoms with Crippen molar-refractivity contribution < 1.29 is 18.7 Å². The molecular weight excluding hydrogens is 286 g/mol. The van der Waals surface area contributed by atoms with E-state index in [0.29, 0.717) is 5.76 Å². The second-order valence-corrected chi connectivity index (χ2v) is 5.33. The Morgan fingerprint density at radius 1 is 1.45 bits per heavy atom. The van der Waals surface area contributed by atoms with Crippen LogP contribution in [0.15, 0.2) is 41.3 Å². The lowest BCUT2D eigenvalue weighted by Crippen LogP contribution is -2.46. The summed E-state index contributed by atoms with van der Waals surface area (Å²) >= 11 is 0. The van der Waals surface area contributed by atoms with E-state index in [1.807, 2.05) is 6.07 Å². The Labute approximate surface area is 128 Å². The summed E-state index contributed by atoms with van der Waals surface area (Å²) in [7, 11) is 0. The quantitative estimate of drug-likeness (QED) is 0.818. The molecule has 0 aliphatic heterocycles. The molecule has 0 spiro atoms. The minimum absolute atomic E-state index is 0.263. The number of hydrogen-bond acceptors (Lipinski definition) is 5. The molecule has 1 N–H and O–H groups in total. The zero-order chi connectivity index (χ0) is 16.2. The van der Waals surface area contributed by atoms with Crippen molar-refractivity contribution in [3.8, 4) is 0 Å². The van der Waals surface area contributed by atoms with Gasteiger partial charge in [0.05, 0.1) is 6.26 Å². The first-order valence-electron chi connectivity index (χ1n) is 6.90. The van der Waals surface area contributed by atoms with Crippen LogP contribution in [0.1, 0.15) is 32.6 Å². The number of esters is 1. The Morgan fingerprint density at radius 3 is 2.77 bits per heavy atom. The van der Waals surface area contributed by atoms with Gasteiger partial charge >= 0.3 is 5.97 Å². The molecule has 0 aliphatic rings. The van der Waals surface area contributed by atoms with E-state index in [9.17, 15) is 9.59 Å². The van der Waals surface area contributed by atoms with Crippen molar-refractivity contribution in [2.45, 2.75) is 32.4 Å². The zero-order valence-corrected chi connectivity index (χ0v) is 12.8. The standard InChI is InChI=1S/C15H19N3O4/c1-11(19)22-15(2,3)14(20)16-10-12(13-6-4-9-21-13)18-8-5-7-17-18/h4-9,12H,10H2,1-3H3,(H,16,20). The van der Waals surface area contributed by atoms with Crippen LogP contribution in [0.4, 0.5) is 0 Å². The van der Waals surface area contributed by atoms with Crippen LogP contribution >= 0.6 is 0 Å². The van der Waals surface area contributed by atoms with Crippen LogP contribution in [-0.2, 0) is 14.3 Å². The van der Waals surface area contributed by atoms with E-state index in [2.05, 4.69) is 10.4 Å². The molecule has 2 heterocycles. The third kappa shape index (κ3) is 3.75. The van der Waals surface area contributed by atoms with Crippen molar-refractivity contribution >= 4 is 11.9 Å². The van der Waals surface area contributed by atoms with Crippen molar-refractivity contribution in [3.05, 3.63) is 42.6 Å². The number of nitrogens with one attached hydrogen (secondary N) is 1. The van der Waals surface area contributed by atoms with Gasteiger partial charge < -0.3 is 14.5 Å². The van der Waals surface area contributed by atoms with Gasteiger partial charge in [-0.15, -0.1) is 0 Å². The second-order valence-electron chi connectivity index (χ2n) is 5.33. The fraction of sp³-hybridized carbons (Fsp3) is 0.400. The van der Waals surface area contributed by atoms with E-state index in [1.165, 1.54) is 6.92 Å². The van der Waals surface area contributed by atoms with Crippen molar-refractivity contribution in [3.63, 3.8) is 0 Å². The molecule has 22 heavy (non-hydrogen) atoms. The third-order valence-corrected chi connectivity index (χ3v) is 3.12. The maximum absolute atomic E-state index is 12.2. The minimum atomic E-state index is -1.23. The molecule has 0 radical (unpaired) electrons. The Hall–Kier alpha value is -2.57. The zero-order valence-electron chi connectivity index (χ0n) is 12.8. The van der Waals surface area contributed by atoms with Gasteiger partial charge in [0, 0.05) is 25.9 Å². The number of rotatable bonds is 6. The molecule has 118 valence electrons. The van der Waals surface area contributed by atoms with Gasteiger partial charge in [0.15, 0.2) is 5.60 Å². The van der Waals surface area contributed by atoms with E-state index < -0.39 is 11.6 Å². The molecule has 7 heteroatoms. The predicted octanol–water partition coefficient (Wildman–Crippen LogP) is 1.52. The molecule has 0 bridgehead atoms. The third-order valence-electron chi connectivity index (χ3n) is 3.12. The monoisotopic (exact) mass is 305 g/mol. The Balaban J connectivity index is 2.06. The number of hydrogen-bond donors (Lipinski definition) is 1. The minimum Gasteiger partial charge on any atom is -0.467 e. The fourth-order valence-electron chi connectivity index (χ4n) is 2.08. The highest BCUT2D eigenvalue weighted by molar-refractivity contribution is 5.86. The van der Waals surface area contributed by atoms with Gasteiger partial charge in [-0.3, -0.25) is 14.3 Å². The molecule has 7 nitrogen and oxygen atoms in total. The topological polar surface area (TPSA) is 86.4 Å². The fourth-order valence-corrected chi connectivity index (χ4v) is 2.08. The summed E-state index contributed by atoms with van der Waals surface area (Å²) in [6.45, 7) is 4.61. The van der Waals surface area contributed by atoms with Crippen LogP contribution in [0.25, 0.3) is 0 Å². The average Bonchev–Trinajstić information content (AvgIpc) is 3.10. The maximum atomic E-state index is 12.2. The summed E-state index contributed by atoms with van der Waals surface area (Å²) in [5.41, 5.74) is -1.23. The average molecular weight is 305 g/mol. The van der Waals surface area contributed by atoms with E-state index >= 15 is 0 Å². The summed E-state index contributed by atoms with van der Waals surface area (Å²) in [5.74, 6) is -0.212. The number of carbonyl (C=O) groups is 2. The van der Waals surface area contributed by atoms with E-state index in [-0.39, 0.29) is 18.5 Å². The molecule has 0 saturated heterocycles. The molecule has 1 atom stereocenters. The molecule has 0 saturated carbocycles. The van der Waals surface area contributed by atoms with Gasteiger partial charge in [0.1, 0.15) is 11.8 Å². The molecule has 1 unspecified atom stereocenters. The normalized spacial score (nSPS) is 12.7. The van der Waals surface area contributed by atoms with Crippen LogP contribution < -0.4 is 5.32 Å². The number of nitrogens with zero attached hydrogens (tertiary/aromatic N) is 2. The molecule has 2 aromatic rings. The van der Waals surface area contributed by atoms with Gasteiger partial charge in [-0.25, -0.2) is 0 Å². The summed E-state index contributed by atoms with van der Waals surface area (Å²) in [6, 6.07) is 5.11. The molecule has 0 fully saturated rings. The molecule has 1 amide bonds. The number of amides is 1. The maximum Gasteiger partial charge on any atom is 0.303 e. The highest BCUT2D eigenvalue weighted by Gasteiger charge is 2.31. The van der Waals surface area contributed by atoms with Gasteiger partial charge in [0.25, 0.3) is 5.91 Å². The van der Waals surface area contributed by atoms with E-state index in [4.69, 9.17) is 9.15 Å². The first-order chi connectivity index (χ1) is 10.4. The molecule has 2 rings (SSSR count). The smallest absolute Gasteiger partial charge is 0.303 e. The lowest BCUT2D eigenvalue weighted by atomic mass is 10.1. The van der Waals surface area contributed by atoms with Crippen LogP contribution in [0, 0.1) is 0 Å². The summed E-state index contributed by atoms with van der Waals surface area (Å²) in [5, 5.41) is 6.95. The molecular formula is C15H19N3O4. The number of aromatic nitrogens is 2. The van der Waals surface area contributed by atoms with Gasteiger partial charge in [-0.1, -0.05) is 0 Å². The summed E-state index contributed by atoms with van der Waals surface area (Å²) in [4.78, 5) is 23.2. The van der Waals surface area contributed by atoms with Gasteiger partial charge in [-0.2, -0.15) is 5.10 Å². The van der Waals surface area contributed by atoms with Crippen molar-refractivity contribution in [1.29, 1.82) is 0 Å². The van der Waals surface area contributed by atoms with E-state index in [0.717, 1.165) is 0 Å².